The molecule has 0 bridgehead atoms. The highest BCUT2D eigenvalue weighted by atomic mass is 79.9. The Hall–Kier alpha value is -2.32. The molecule has 1 aromatic heterocycles. The molecule has 6 nitrogen and oxygen atoms in total. The van der Waals surface area contributed by atoms with Crippen molar-refractivity contribution in [3.05, 3.63) is 63.4 Å². The Balaban J connectivity index is 1.72. The number of ether oxygens (including phenoxy) is 1. The van der Waals surface area contributed by atoms with Crippen molar-refractivity contribution in [2.24, 2.45) is 0 Å². The van der Waals surface area contributed by atoms with Gasteiger partial charge in [0.05, 0.1) is 23.1 Å². The van der Waals surface area contributed by atoms with Gasteiger partial charge in [0.25, 0.3) is 5.56 Å². The molecular formula is C19H16BrN3O3S. The van der Waals surface area contributed by atoms with Crippen molar-refractivity contribution in [2.75, 3.05) is 25.4 Å². The van der Waals surface area contributed by atoms with E-state index in [1.807, 2.05) is 42.5 Å². The Kier molecular flexibility index (Phi) is 5.18. The zero-order valence-electron chi connectivity index (χ0n) is 14.3. The quantitative estimate of drug-likeness (QED) is 0.442. The number of para-hydroxylation sites is 1. The zero-order valence-corrected chi connectivity index (χ0v) is 16.7. The maximum absolute atomic E-state index is 13.2. The molecule has 27 heavy (non-hydrogen) atoms. The predicted molar refractivity (Wildman–Crippen MR) is 109 cm³/mol. The molecule has 1 amide bonds. The molecule has 0 atom stereocenters. The zero-order chi connectivity index (χ0) is 18.8. The minimum atomic E-state index is -0.285. The van der Waals surface area contributed by atoms with Crippen molar-refractivity contribution in [3.8, 4) is 5.69 Å². The summed E-state index contributed by atoms with van der Waals surface area (Å²) in [6, 6.07) is 14.9. The van der Waals surface area contributed by atoms with Crippen LogP contribution >= 0.6 is 27.7 Å². The monoisotopic (exact) mass is 445 g/mol. The summed E-state index contributed by atoms with van der Waals surface area (Å²) < 4.78 is 7.41. The van der Waals surface area contributed by atoms with E-state index in [0.29, 0.717) is 41.5 Å². The number of hydrogen-bond donors (Lipinski definition) is 0. The number of halogens is 1. The summed E-state index contributed by atoms with van der Waals surface area (Å²) in [4.78, 5) is 31.1. The molecule has 3 aromatic rings. The number of benzene rings is 2. The molecule has 0 saturated carbocycles. The fourth-order valence-electron chi connectivity index (χ4n) is 2.91. The number of hydrogen-bond acceptors (Lipinski definition) is 5. The first kappa shape index (κ1) is 18.1. The van der Waals surface area contributed by atoms with Crippen molar-refractivity contribution < 1.29 is 9.53 Å². The van der Waals surface area contributed by atoms with E-state index in [2.05, 4.69) is 15.9 Å². The summed E-state index contributed by atoms with van der Waals surface area (Å²) in [7, 11) is 0. The second-order valence-electron chi connectivity index (χ2n) is 5.98. The normalized spacial score (nSPS) is 14.0. The Morgan fingerprint density at radius 3 is 2.70 bits per heavy atom. The van der Waals surface area contributed by atoms with Crippen LogP contribution < -0.4 is 5.56 Å². The van der Waals surface area contributed by atoms with E-state index in [9.17, 15) is 9.59 Å². The number of nitrogens with zero attached hydrogens (tertiary/aromatic N) is 3. The number of aromatic nitrogens is 2. The van der Waals surface area contributed by atoms with Gasteiger partial charge in [-0.15, -0.1) is 0 Å². The molecule has 8 heteroatoms. The van der Waals surface area contributed by atoms with Crippen LogP contribution in [-0.2, 0) is 4.74 Å². The van der Waals surface area contributed by atoms with Crippen molar-refractivity contribution in [2.45, 2.75) is 5.16 Å². The molecule has 0 unspecified atom stereocenters. The number of cyclic esters (lactones) is 1. The average molecular weight is 446 g/mol. The van der Waals surface area contributed by atoms with E-state index in [1.165, 1.54) is 11.8 Å². The highest BCUT2D eigenvalue weighted by Crippen LogP contribution is 2.23. The molecule has 0 radical (unpaired) electrons. The molecule has 1 aliphatic rings. The number of carbonyl (C=O) groups is 1. The van der Waals surface area contributed by atoms with E-state index in [0.717, 1.165) is 10.2 Å². The lowest BCUT2D eigenvalue weighted by molar-refractivity contribution is 0.160. The van der Waals surface area contributed by atoms with Gasteiger partial charge in [-0.1, -0.05) is 45.9 Å². The first-order valence-corrected chi connectivity index (χ1v) is 10.2. The van der Waals surface area contributed by atoms with Crippen molar-refractivity contribution in [1.29, 1.82) is 0 Å². The molecular weight excluding hydrogens is 430 g/mol. The highest BCUT2D eigenvalue weighted by Gasteiger charge is 2.21. The third-order valence-electron chi connectivity index (χ3n) is 4.25. The van der Waals surface area contributed by atoms with Gasteiger partial charge in [-0.05, 0) is 30.3 Å². The fourth-order valence-corrected chi connectivity index (χ4v) is 4.25. The van der Waals surface area contributed by atoms with Crippen LogP contribution in [0.3, 0.4) is 0 Å². The maximum Gasteiger partial charge on any atom is 0.409 e. The first-order valence-electron chi connectivity index (χ1n) is 8.46. The summed E-state index contributed by atoms with van der Waals surface area (Å²) in [5, 5.41) is 1.16. The van der Waals surface area contributed by atoms with Gasteiger partial charge in [-0.2, -0.15) is 0 Å². The number of rotatable bonds is 5. The van der Waals surface area contributed by atoms with Gasteiger partial charge in [0.2, 0.25) is 0 Å². The fraction of sp³-hybridized carbons (Fsp3) is 0.211. The Morgan fingerprint density at radius 1 is 1.15 bits per heavy atom. The molecule has 1 fully saturated rings. The summed E-state index contributed by atoms with van der Waals surface area (Å²) >= 11 is 4.88. The van der Waals surface area contributed by atoms with Crippen molar-refractivity contribution in [3.63, 3.8) is 0 Å². The molecule has 2 aromatic carbocycles. The molecule has 1 aliphatic heterocycles. The number of thioether (sulfide) groups is 1. The van der Waals surface area contributed by atoms with Gasteiger partial charge in [0.15, 0.2) is 5.16 Å². The van der Waals surface area contributed by atoms with Crippen LogP contribution in [0, 0.1) is 0 Å². The lowest BCUT2D eigenvalue weighted by Gasteiger charge is -2.15. The number of carbonyl (C=O) groups excluding carboxylic acids is 1. The van der Waals surface area contributed by atoms with Crippen LogP contribution in [0.5, 0.6) is 0 Å². The Labute approximate surface area is 168 Å². The maximum atomic E-state index is 13.2. The minimum Gasteiger partial charge on any atom is -0.448 e. The highest BCUT2D eigenvalue weighted by molar-refractivity contribution is 9.10. The third kappa shape index (κ3) is 3.72. The smallest absolute Gasteiger partial charge is 0.409 e. The summed E-state index contributed by atoms with van der Waals surface area (Å²) in [6.45, 7) is 1.58. The summed E-state index contributed by atoms with van der Waals surface area (Å²) in [5.74, 6) is 0.621. The Morgan fingerprint density at radius 2 is 1.96 bits per heavy atom. The van der Waals surface area contributed by atoms with Crippen LogP contribution in [0.1, 0.15) is 0 Å². The minimum absolute atomic E-state index is 0.115. The third-order valence-corrected chi connectivity index (χ3v) is 5.66. The van der Waals surface area contributed by atoms with E-state index < -0.39 is 0 Å². The second kappa shape index (κ2) is 7.74. The van der Waals surface area contributed by atoms with Gasteiger partial charge >= 0.3 is 6.09 Å². The SMILES string of the molecule is O=C1OCCN1CCSc1nc2ccc(Br)cc2c(=O)n1-c1ccccc1. The Bertz CT molecular complexity index is 1060. The van der Waals surface area contributed by atoms with Gasteiger partial charge in [0.1, 0.15) is 6.61 Å². The van der Waals surface area contributed by atoms with Crippen LogP contribution in [0.15, 0.2) is 63.0 Å². The second-order valence-corrected chi connectivity index (χ2v) is 7.96. The van der Waals surface area contributed by atoms with Gasteiger partial charge in [0, 0.05) is 16.8 Å². The van der Waals surface area contributed by atoms with E-state index in [4.69, 9.17) is 9.72 Å². The van der Waals surface area contributed by atoms with E-state index >= 15 is 0 Å². The van der Waals surface area contributed by atoms with Crippen molar-refractivity contribution >= 4 is 44.7 Å². The van der Waals surface area contributed by atoms with Gasteiger partial charge in [-0.3, -0.25) is 9.36 Å². The molecule has 0 spiro atoms. The molecule has 1 saturated heterocycles. The van der Waals surface area contributed by atoms with Gasteiger partial charge in [-0.25, -0.2) is 9.78 Å². The molecule has 0 aliphatic carbocycles. The summed E-state index contributed by atoms with van der Waals surface area (Å²) in [5.41, 5.74) is 1.30. The standard InChI is InChI=1S/C19H16BrN3O3S/c20-13-6-7-16-15(12-13)17(24)23(14-4-2-1-3-5-14)18(21-16)27-11-9-22-8-10-26-19(22)25/h1-7,12H,8-11H2. The van der Waals surface area contributed by atoms with Crippen LogP contribution in [0.2, 0.25) is 0 Å². The lowest BCUT2D eigenvalue weighted by Crippen LogP contribution is -2.27. The topological polar surface area (TPSA) is 64.4 Å². The van der Waals surface area contributed by atoms with E-state index in [-0.39, 0.29) is 11.7 Å². The van der Waals surface area contributed by atoms with Crippen LogP contribution in [-0.4, -0.2) is 46.0 Å². The first-order chi connectivity index (χ1) is 13.1. The van der Waals surface area contributed by atoms with Crippen LogP contribution in [0.4, 0.5) is 4.79 Å². The molecule has 4 rings (SSSR count). The van der Waals surface area contributed by atoms with Crippen LogP contribution in [0.25, 0.3) is 16.6 Å². The number of amides is 1. The molecule has 0 N–H and O–H groups in total. The molecule has 138 valence electrons. The van der Waals surface area contributed by atoms with Crippen molar-refractivity contribution in [1.82, 2.24) is 14.5 Å². The number of fused-ring (bicyclic) bond motifs is 1. The molecule has 2 heterocycles. The summed E-state index contributed by atoms with van der Waals surface area (Å²) in [6.07, 6.45) is -0.285. The lowest BCUT2D eigenvalue weighted by atomic mass is 10.2. The van der Waals surface area contributed by atoms with E-state index in [1.54, 1.807) is 15.5 Å². The largest absolute Gasteiger partial charge is 0.448 e. The average Bonchev–Trinajstić information content (AvgIpc) is 3.08. The van der Waals surface area contributed by atoms with Gasteiger partial charge < -0.3 is 9.64 Å². The predicted octanol–water partition coefficient (Wildman–Crippen LogP) is 3.69.